The normalized spacial score (nSPS) is 10.4. The summed E-state index contributed by atoms with van der Waals surface area (Å²) in [6, 6.07) is 19.6. The predicted molar refractivity (Wildman–Crippen MR) is 100 cm³/mol. The lowest BCUT2D eigenvalue weighted by atomic mass is 10.1. The molecule has 0 heterocycles. The average molecular weight is 347 g/mol. The molecule has 0 aliphatic rings. The molecule has 2 rings (SSSR count). The highest BCUT2D eigenvalue weighted by atomic mass is 16.3. The minimum atomic E-state index is -0.226. The van der Waals surface area contributed by atoms with Gasteiger partial charge in [0.05, 0.1) is 12.6 Å². The van der Waals surface area contributed by atoms with Crippen LogP contribution in [0.1, 0.15) is 17.5 Å². The van der Waals surface area contributed by atoms with Crippen molar-refractivity contribution in [3.63, 3.8) is 0 Å². The topological polar surface area (TPSA) is 89.8 Å². The van der Waals surface area contributed by atoms with E-state index in [9.17, 15) is 9.90 Å². The first kappa shape index (κ1) is 22.8. The largest absolute Gasteiger partial charge is 0.400 e. The van der Waals surface area contributed by atoms with Gasteiger partial charge in [0.1, 0.15) is 0 Å². The zero-order valence-electron chi connectivity index (χ0n) is 14.9. The van der Waals surface area contributed by atoms with Crippen LogP contribution in [0.4, 0.5) is 0 Å². The van der Waals surface area contributed by atoms with Gasteiger partial charge in [0.25, 0.3) is 0 Å². The van der Waals surface area contributed by atoms with Crippen LogP contribution < -0.4 is 5.32 Å². The van der Waals surface area contributed by atoms with E-state index in [1.165, 1.54) is 0 Å². The van der Waals surface area contributed by atoms with Gasteiger partial charge in [-0.2, -0.15) is 0 Å². The first-order chi connectivity index (χ1) is 12.3. The van der Waals surface area contributed by atoms with Crippen LogP contribution in [0.25, 0.3) is 0 Å². The van der Waals surface area contributed by atoms with Crippen LogP contribution >= 0.6 is 0 Å². The second kappa shape index (κ2) is 15.3. The third-order valence-electron chi connectivity index (χ3n) is 3.39. The zero-order valence-corrected chi connectivity index (χ0v) is 14.9. The van der Waals surface area contributed by atoms with Crippen molar-refractivity contribution in [3.05, 3.63) is 71.8 Å². The Morgan fingerprint density at radius 1 is 0.880 bits per heavy atom. The molecule has 0 bridgehead atoms. The number of hydrogen-bond acceptors (Lipinski definition) is 4. The molecule has 1 unspecified atom stereocenters. The van der Waals surface area contributed by atoms with Crippen molar-refractivity contribution < 1.29 is 20.1 Å². The molecule has 0 fully saturated rings. The number of aliphatic hydroxyl groups excluding tert-OH is 3. The molecule has 0 saturated carbocycles. The van der Waals surface area contributed by atoms with Crippen molar-refractivity contribution in [1.82, 2.24) is 5.32 Å². The highest BCUT2D eigenvalue weighted by Gasteiger charge is 2.12. The van der Waals surface area contributed by atoms with E-state index in [1.54, 1.807) is 0 Å². The van der Waals surface area contributed by atoms with E-state index in [-0.39, 0.29) is 18.6 Å². The maximum atomic E-state index is 12.0. The summed E-state index contributed by atoms with van der Waals surface area (Å²) in [4.78, 5) is 12.0. The Bertz CT molecular complexity index is 546. The quantitative estimate of drug-likeness (QED) is 0.612. The summed E-state index contributed by atoms with van der Waals surface area (Å²) in [6.45, 7) is -0.0496. The molecule has 5 nitrogen and oxygen atoms in total. The summed E-state index contributed by atoms with van der Waals surface area (Å²) in [7, 11) is 2.00. The Kier molecular flexibility index (Phi) is 14.0. The molecular weight excluding hydrogens is 318 g/mol. The van der Waals surface area contributed by atoms with Crippen LogP contribution in [0.15, 0.2) is 60.7 Å². The molecule has 5 heteroatoms. The molecule has 2 aromatic carbocycles. The molecule has 1 amide bonds. The van der Waals surface area contributed by atoms with Gasteiger partial charge in [-0.25, -0.2) is 0 Å². The predicted octanol–water partition coefficient (Wildman–Crippen LogP) is 1.56. The number of amides is 1. The Morgan fingerprint density at radius 3 is 1.84 bits per heavy atom. The summed E-state index contributed by atoms with van der Waals surface area (Å²) in [6.07, 6.45) is 1.81. The van der Waals surface area contributed by atoms with Gasteiger partial charge in [0, 0.05) is 20.6 Å². The first-order valence-corrected chi connectivity index (χ1v) is 8.15. The van der Waals surface area contributed by atoms with E-state index in [2.05, 4.69) is 5.32 Å². The number of carbonyl (C=O) groups is 1. The standard InChI is InChI=1S/C18H21NO2.2CH4O/c20-14-17(13-16-9-5-2-6-10-16)19-18(21)12-11-15-7-3-1-4-8-15;2*1-2/h1-10,17,20H,11-14H2,(H,19,21);2*2H,1H3. The van der Waals surface area contributed by atoms with Crippen LogP contribution in [0.2, 0.25) is 0 Å². The highest BCUT2D eigenvalue weighted by molar-refractivity contribution is 5.76. The van der Waals surface area contributed by atoms with Crippen LogP contribution in [0.3, 0.4) is 0 Å². The van der Waals surface area contributed by atoms with Crippen molar-refractivity contribution in [2.75, 3.05) is 20.8 Å². The molecule has 2 aromatic rings. The molecule has 0 aliphatic heterocycles. The molecule has 0 saturated heterocycles. The average Bonchev–Trinajstić information content (AvgIpc) is 2.70. The van der Waals surface area contributed by atoms with E-state index in [1.807, 2.05) is 60.7 Å². The smallest absolute Gasteiger partial charge is 0.220 e. The van der Waals surface area contributed by atoms with E-state index in [4.69, 9.17) is 10.2 Å². The van der Waals surface area contributed by atoms with E-state index in [0.29, 0.717) is 12.8 Å². The van der Waals surface area contributed by atoms with E-state index < -0.39 is 0 Å². The van der Waals surface area contributed by atoms with Gasteiger partial charge in [-0.3, -0.25) is 4.79 Å². The SMILES string of the molecule is CO.CO.O=C(CCc1ccccc1)NC(CO)Cc1ccccc1. The second-order valence-corrected chi connectivity index (χ2v) is 5.12. The van der Waals surface area contributed by atoms with Gasteiger partial charge in [-0.15, -0.1) is 0 Å². The first-order valence-electron chi connectivity index (χ1n) is 8.15. The van der Waals surface area contributed by atoms with Crippen LogP contribution in [0.5, 0.6) is 0 Å². The highest BCUT2D eigenvalue weighted by Crippen LogP contribution is 2.05. The molecule has 0 aromatic heterocycles. The fraction of sp³-hybridized carbons (Fsp3) is 0.350. The molecular formula is C20H29NO4. The van der Waals surface area contributed by atoms with Crippen molar-refractivity contribution in [1.29, 1.82) is 0 Å². The lowest BCUT2D eigenvalue weighted by Gasteiger charge is -2.16. The fourth-order valence-corrected chi connectivity index (χ4v) is 2.26. The monoisotopic (exact) mass is 347 g/mol. The van der Waals surface area contributed by atoms with Crippen molar-refractivity contribution in [2.45, 2.75) is 25.3 Å². The van der Waals surface area contributed by atoms with Gasteiger partial charge in [-0.1, -0.05) is 60.7 Å². The Labute approximate surface area is 150 Å². The van der Waals surface area contributed by atoms with Gasteiger partial charge in [-0.05, 0) is 24.0 Å². The summed E-state index contributed by atoms with van der Waals surface area (Å²) >= 11 is 0. The summed E-state index contributed by atoms with van der Waals surface area (Å²) in [5, 5.41) is 26.3. The molecule has 0 aliphatic carbocycles. The van der Waals surface area contributed by atoms with E-state index in [0.717, 1.165) is 31.8 Å². The van der Waals surface area contributed by atoms with Crippen LogP contribution in [0, 0.1) is 0 Å². The van der Waals surface area contributed by atoms with Crippen LogP contribution in [-0.4, -0.2) is 48.1 Å². The van der Waals surface area contributed by atoms with E-state index >= 15 is 0 Å². The van der Waals surface area contributed by atoms with Crippen molar-refractivity contribution in [3.8, 4) is 0 Å². The van der Waals surface area contributed by atoms with Crippen LogP contribution in [-0.2, 0) is 17.6 Å². The summed E-state index contributed by atoms with van der Waals surface area (Å²) in [5.74, 6) is -0.0196. The molecule has 1 atom stereocenters. The fourth-order valence-electron chi connectivity index (χ4n) is 2.26. The lowest BCUT2D eigenvalue weighted by molar-refractivity contribution is -0.122. The number of benzene rings is 2. The molecule has 138 valence electrons. The Morgan fingerprint density at radius 2 is 1.36 bits per heavy atom. The maximum Gasteiger partial charge on any atom is 0.220 e. The second-order valence-electron chi connectivity index (χ2n) is 5.12. The number of aryl methyl sites for hydroxylation is 1. The minimum absolute atomic E-state index is 0.0196. The lowest BCUT2D eigenvalue weighted by Crippen LogP contribution is -2.39. The molecule has 4 N–H and O–H groups in total. The summed E-state index contributed by atoms with van der Waals surface area (Å²) < 4.78 is 0. The maximum absolute atomic E-state index is 12.0. The van der Waals surface area contributed by atoms with Gasteiger partial charge < -0.3 is 20.6 Å². The molecule has 0 spiro atoms. The third kappa shape index (κ3) is 10.3. The Balaban J connectivity index is 0.00000134. The Hall–Kier alpha value is -2.21. The zero-order chi connectivity index (χ0) is 18.9. The van der Waals surface area contributed by atoms with Crippen molar-refractivity contribution >= 4 is 5.91 Å². The van der Waals surface area contributed by atoms with Gasteiger partial charge in [0.15, 0.2) is 0 Å². The number of aliphatic hydroxyl groups is 3. The number of hydrogen-bond donors (Lipinski definition) is 4. The van der Waals surface area contributed by atoms with Gasteiger partial charge >= 0.3 is 0 Å². The number of nitrogens with one attached hydrogen (secondary N) is 1. The van der Waals surface area contributed by atoms with Crippen molar-refractivity contribution in [2.24, 2.45) is 0 Å². The van der Waals surface area contributed by atoms with Gasteiger partial charge in [0.2, 0.25) is 5.91 Å². The number of carbonyl (C=O) groups excluding carboxylic acids is 1. The molecule has 25 heavy (non-hydrogen) atoms. The third-order valence-corrected chi connectivity index (χ3v) is 3.39. The minimum Gasteiger partial charge on any atom is -0.400 e. The molecule has 0 radical (unpaired) electrons. The number of rotatable bonds is 7. The summed E-state index contributed by atoms with van der Waals surface area (Å²) in [5.41, 5.74) is 2.26.